The number of carbonyl (C=O) groups excluding carboxylic acids is 1. The Labute approximate surface area is 115 Å². The number of nitrogens with one attached hydrogen (secondary N) is 1. The molecule has 0 aliphatic carbocycles. The molecule has 7 heteroatoms. The lowest BCUT2D eigenvalue weighted by Gasteiger charge is -2.12. The zero-order valence-electron chi connectivity index (χ0n) is 10.9. The molecule has 1 unspecified atom stereocenters. The van der Waals surface area contributed by atoms with Crippen molar-refractivity contribution in [3.8, 4) is 0 Å². The van der Waals surface area contributed by atoms with Crippen LogP contribution in [-0.2, 0) is 0 Å². The van der Waals surface area contributed by atoms with Crippen molar-refractivity contribution in [2.75, 3.05) is 24.3 Å². The van der Waals surface area contributed by atoms with Crippen LogP contribution in [0.25, 0.3) is 0 Å². The topological polar surface area (TPSA) is 98.3 Å². The van der Waals surface area contributed by atoms with E-state index in [0.29, 0.717) is 12.5 Å². The predicted octanol–water partition coefficient (Wildman–Crippen LogP) is 1.91. The average Bonchev–Trinajstić information content (AvgIpc) is 2.36. The highest BCUT2D eigenvalue weighted by Gasteiger charge is 2.18. The van der Waals surface area contributed by atoms with Gasteiger partial charge in [0.15, 0.2) is 0 Å². The minimum Gasteiger partial charge on any atom is -0.393 e. The molecule has 1 amide bonds. The van der Waals surface area contributed by atoms with Gasteiger partial charge in [0.25, 0.3) is 11.6 Å². The lowest BCUT2D eigenvalue weighted by molar-refractivity contribution is -0.383. The van der Waals surface area contributed by atoms with Gasteiger partial charge in [0.2, 0.25) is 0 Å². The van der Waals surface area contributed by atoms with Gasteiger partial charge in [-0.3, -0.25) is 14.9 Å². The third-order valence-electron chi connectivity index (χ3n) is 2.59. The molecule has 1 aromatic carbocycles. The van der Waals surface area contributed by atoms with E-state index in [9.17, 15) is 14.9 Å². The molecule has 0 bridgehead atoms. The summed E-state index contributed by atoms with van der Waals surface area (Å²) in [7, 11) is 0. The van der Waals surface area contributed by atoms with E-state index in [4.69, 9.17) is 5.73 Å². The monoisotopic (exact) mass is 283 g/mol. The van der Waals surface area contributed by atoms with Crippen molar-refractivity contribution in [1.82, 2.24) is 5.32 Å². The van der Waals surface area contributed by atoms with Crippen LogP contribution in [0.1, 0.15) is 17.3 Å². The Morgan fingerprint density at radius 2 is 2.26 bits per heavy atom. The molecular weight excluding hydrogens is 266 g/mol. The summed E-state index contributed by atoms with van der Waals surface area (Å²) in [6, 6.07) is 4.22. The normalized spacial score (nSPS) is 11.9. The van der Waals surface area contributed by atoms with E-state index in [0.717, 1.165) is 5.75 Å². The molecule has 0 aliphatic rings. The van der Waals surface area contributed by atoms with E-state index in [2.05, 4.69) is 5.32 Å². The summed E-state index contributed by atoms with van der Waals surface area (Å²) in [5.41, 5.74) is 5.45. The summed E-state index contributed by atoms with van der Waals surface area (Å²) >= 11 is 1.70. The number of benzene rings is 1. The van der Waals surface area contributed by atoms with Gasteiger partial charge in [-0.1, -0.05) is 13.0 Å². The minimum absolute atomic E-state index is 0.0949. The highest BCUT2D eigenvalue weighted by molar-refractivity contribution is 7.98. The summed E-state index contributed by atoms with van der Waals surface area (Å²) in [4.78, 5) is 22.1. The fraction of sp³-hybridized carbons (Fsp3) is 0.417. The first kappa shape index (κ1) is 15.3. The number of carbonyl (C=O) groups is 1. The number of hydrogen-bond acceptors (Lipinski definition) is 5. The third kappa shape index (κ3) is 4.13. The summed E-state index contributed by atoms with van der Waals surface area (Å²) < 4.78 is 0. The second-order valence-corrected chi connectivity index (χ2v) is 5.18. The Balaban J connectivity index is 2.78. The molecule has 0 spiro atoms. The highest BCUT2D eigenvalue weighted by Crippen LogP contribution is 2.24. The van der Waals surface area contributed by atoms with E-state index in [1.807, 2.05) is 13.2 Å². The molecule has 6 nitrogen and oxygen atoms in total. The van der Waals surface area contributed by atoms with Gasteiger partial charge in [-0.25, -0.2) is 0 Å². The lowest BCUT2D eigenvalue weighted by Crippen LogP contribution is -2.29. The summed E-state index contributed by atoms with van der Waals surface area (Å²) in [6.07, 6.45) is 2.00. The molecule has 104 valence electrons. The number of nitrogens with zero attached hydrogens (tertiary/aromatic N) is 1. The minimum atomic E-state index is -0.595. The zero-order valence-corrected chi connectivity index (χ0v) is 11.7. The number of nitro groups is 1. The van der Waals surface area contributed by atoms with Crippen LogP contribution in [0.4, 0.5) is 11.4 Å². The van der Waals surface area contributed by atoms with Crippen LogP contribution in [0, 0.1) is 16.0 Å². The SMILES string of the molecule is CSCC(C)CNC(=O)c1cccc([N+](=O)[O-])c1N. The van der Waals surface area contributed by atoms with E-state index < -0.39 is 4.92 Å². The Morgan fingerprint density at radius 3 is 2.84 bits per heavy atom. The van der Waals surface area contributed by atoms with Gasteiger partial charge in [-0.15, -0.1) is 0 Å². The lowest BCUT2D eigenvalue weighted by atomic mass is 10.1. The van der Waals surface area contributed by atoms with Crippen LogP contribution >= 0.6 is 11.8 Å². The maximum atomic E-state index is 11.9. The van der Waals surface area contributed by atoms with Gasteiger partial charge in [0, 0.05) is 12.6 Å². The molecule has 1 atom stereocenters. The Morgan fingerprint density at radius 1 is 1.58 bits per heavy atom. The van der Waals surface area contributed by atoms with Gasteiger partial charge < -0.3 is 11.1 Å². The number of hydrogen-bond donors (Lipinski definition) is 2. The van der Waals surface area contributed by atoms with Gasteiger partial charge in [0.05, 0.1) is 10.5 Å². The summed E-state index contributed by atoms with van der Waals surface area (Å²) in [5, 5.41) is 13.5. The van der Waals surface area contributed by atoms with Crippen molar-refractivity contribution in [2.24, 2.45) is 5.92 Å². The molecule has 1 rings (SSSR count). The standard InChI is InChI=1S/C12H17N3O3S/c1-8(7-19-2)6-14-12(16)9-4-3-5-10(11(9)13)15(17)18/h3-5,8H,6-7,13H2,1-2H3,(H,14,16). The van der Waals surface area contributed by atoms with E-state index in [1.54, 1.807) is 11.8 Å². The van der Waals surface area contributed by atoms with Crippen molar-refractivity contribution < 1.29 is 9.72 Å². The summed E-state index contributed by atoms with van der Waals surface area (Å²) in [5.74, 6) is 0.887. The third-order valence-corrected chi connectivity index (χ3v) is 3.49. The van der Waals surface area contributed by atoms with Crippen molar-refractivity contribution in [3.05, 3.63) is 33.9 Å². The number of rotatable bonds is 6. The van der Waals surface area contributed by atoms with Crippen LogP contribution in [0.15, 0.2) is 18.2 Å². The molecule has 0 saturated heterocycles. The van der Waals surface area contributed by atoms with Gasteiger partial charge in [-0.05, 0) is 24.0 Å². The Hall–Kier alpha value is -1.76. The first-order chi connectivity index (χ1) is 8.97. The van der Waals surface area contributed by atoms with E-state index >= 15 is 0 Å². The maximum Gasteiger partial charge on any atom is 0.292 e. The Bertz CT molecular complexity index is 479. The van der Waals surface area contributed by atoms with Crippen LogP contribution in [0.3, 0.4) is 0 Å². The van der Waals surface area contributed by atoms with E-state index in [1.165, 1.54) is 18.2 Å². The molecule has 0 heterocycles. The fourth-order valence-corrected chi connectivity index (χ4v) is 2.30. The zero-order chi connectivity index (χ0) is 14.4. The number of amides is 1. The molecule has 1 aromatic rings. The fourth-order valence-electron chi connectivity index (χ4n) is 1.62. The molecule has 0 fully saturated rings. The largest absolute Gasteiger partial charge is 0.393 e. The second-order valence-electron chi connectivity index (χ2n) is 4.27. The van der Waals surface area contributed by atoms with Crippen LogP contribution in [0.5, 0.6) is 0 Å². The van der Waals surface area contributed by atoms with Crippen molar-refractivity contribution in [3.63, 3.8) is 0 Å². The van der Waals surface area contributed by atoms with Gasteiger partial charge >= 0.3 is 0 Å². The molecule has 0 aliphatic heterocycles. The Kier molecular flexibility index (Phi) is 5.62. The quantitative estimate of drug-likeness (QED) is 0.472. The van der Waals surface area contributed by atoms with Crippen LogP contribution in [-0.4, -0.2) is 29.4 Å². The number of nitrogens with two attached hydrogens (primary N) is 1. The maximum absolute atomic E-state index is 11.9. The number of para-hydroxylation sites is 1. The second kappa shape index (κ2) is 6.98. The van der Waals surface area contributed by atoms with Gasteiger partial charge in [-0.2, -0.15) is 11.8 Å². The smallest absolute Gasteiger partial charge is 0.292 e. The number of nitrogen functional groups attached to an aromatic ring is 1. The first-order valence-corrected chi connectivity index (χ1v) is 7.16. The highest BCUT2D eigenvalue weighted by atomic mass is 32.2. The van der Waals surface area contributed by atoms with Crippen LogP contribution < -0.4 is 11.1 Å². The molecule has 0 saturated carbocycles. The molecule has 0 aromatic heterocycles. The average molecular weight is 283 g/mol. The van der Waals surface area contributed by atoms with Crippen LogP contribution in [0.2, 0.25) is 0 Å². The van der Waals surface area contributed by atoms with Crippen molar-refractivity contribution in [2.45, 2.75) is 6.92 Å². The molecular formula is C12H17N3O3S. The van der Waals surface area contributed by atoms with Crippen molar-refractivity contribution >= 4 is 29.0 Å². The summed E-state index contributed by atoms with van der Waals surface area (Å²) in [6.45, 7) is 2.54. The van der Waals surface area contributed by atoms with Crippen molar-refractivity contribution in [1.29, 1.82) is 0 Å². The number of thioether (sulfide) groups is 1. The molecule has 19 heavy (non-hydrogen) atoms. The molecule has 3 N–H and O–H groups in total. The van der Waals surface area contributed by atoms with E-state index in [-0.39, 0.29) is 22.8 Å². The molecule has 0 radical (unpaired) electrons. The predicted molar refractivity (Wildman–Crippen MR) is 77.4 cm³/mol. The number of nitro benzene ring substituents is 1. The first-order valence-electron chi connectivity index (χ1n) is 5.77. The van der Waals surface area contributed by atoms with Gasteiger partial charge in [0.1, 0.15) is 5.69 Å². The number of anilines is 1.